The normalized spacial score (nSPS) is 42.2. The molecule has 0 aromatic heterocycles. The highest BCUT2D eigenvalue weighted by Crippen LogP contribution is 2.21. The molecule has 0 amide bonds. The van der Waals surface area contributed by atoms with Crippen molar-refractivity contribution in [2.24, 2.45) is 0 Å². The molecule has 0 radical (unpaired) electrons. The van der Waals surface area contributed by atoms with Gasteiger partial charge in [-0.15, -0.1) is 0 Å². The van der Waals surface area contributed by atoms with Crippen LogP contribution in [0, 0.1) is 0 Å². The molecule has 2 saturated heterocycles. The van der Waals surface area contributed by atoms with Crippen LogP contribution in [0.4, 0.5) is 0 Å². The van der Waals surface area contributed by atoms with Gasteiger partial charge in [0, 0.05) is 6.61 Å². The SMILES string of the molecule is IC1COCC1OC1CCOC1. The zero-order valence-corrected chi connectivity index (χ0v) is 9.03. The summed E-state index contributed by atoms with van der Waals surface area (Å²) in [5, 5.41) is 0. The molecule has 3 nitrogen and oxygen atoms in total. The van der Waals surface area contributed by atoms with Crippen LogP contribution in [-0.2, 0) is 14.2 Å². The van der Waals surface area contributed by atoms with Gasteiger partial charge in [-0.2, -0.15) is 0 Å². The lowest BCUT2D eigenvalue weighted by atomic mass is 10.3. The molecule has 2 aliphatic heterocycles. The van der Waals surface area contributed by atoms with Crippen LogP contribution < -0.4 is 0 Å². The Hall–Kier alpha value is 0.610. The highest BCUT2D eigenvalue weighted by Gasteiger charge is 2.30. The summed E-state index contributed by atoms with van der Waals surface area (Å²) < 4.78 is 16.9. The van der Waals surface area contributed by atoms with Gasteiger partial charge >= 0.3 is 0 Å². The van der Waals surface area contributed by atoms with Crippen molar-refractivity contribution in [1.29, 1.82) is 0 Å². The van der Waals surface area contributed by atoms with Gasteiger partial charge in [-0.05, 0) is 6.42 Å². The van der Waals surface area contributed by atoms with Crippen molar-refractivity contribution in [2.75, 3.05) is 26.4 Å². The van der Waals surface area contributed by atoms with Gasteiger partial charge in [0.2, 0.25) is 0 Å². The molecular weight excluding hydrogens is 271 g/mol. The monoisotopic (exact) mass is 284 g/mol. The van der Waals surface area contributed by atoms with Crippen LogP contribution >= 0.6 is 22.6 Å². The number of ether oxygens (including phenoxy) is 3. The summed E-state index contributed by atoms with van der Waals surface area (Å²) in [5.74, 6) is 0. The van der Waals surface area contributed by atoms with E-state index in [2.05, 4.69) is 22.6 Å². The van der Waals surface area contributed by atoms with Gasteiger partial charge in [-0.1, -0.05) is 22.6 Å². The van der Waals surface area contributed by atoms with Crippen LogP contribution in [0.2, 0.25) is 0 Å². The van der Waals surface area contributed by atoms with Crippen molar-refractivity contribution in [3.63, 3.8) is 0 Å². The Morgan fingerprint density at radius 2 is 2.08 bits per heavy atom. The molecule has 0 aromatic carbocycles. The Labute approximate surface area is 85.9 Å². The van der Waals surface area contributed by atoms with Crippen LogP contribution in [0.1, 0.15) is 6.42 Å². The van der Waals surface area contributed by atoms with Gasteiger partial charge in [-0.3, -0.25) is 0 Å². The molecule has 3 unspecified atom stereocenters. The van der Waals surface area contributed by atoms with E-state index in [1.54, 1.807) is 0 Å². The minimum absolute atomic E-state index is 0.289. The average Bonchev–Trinajstić information content (AvgIpc) is 2.65. The van der Waals surface area contributed by atoms with E-state index < -0.39 is 0 Å². The van der Waals surface area contributed by atoms with Crippen molar-refractivity contribution < 1.29 is 14.2 Å². The second-order valence-corrected chi connectivity index (χ2v) is 4.81. The Kier molecular flexibility index (Phi) is 3.22. The number of alkyl halides is 1. The molecule has 0 saturated carbocycles. The molecule has 2 aliphatic rings. The fourth-order valence-corrected chi connectivity index (χ4v) is 2.13. The van der Waals surface area contributed by atoms with E-state index in [0.717, 1.165) is 32.8 Å². The maximum Gasteiger partial charge on any atom is 0.0952 e. The predicted octanol–water partition coefficient (Wildman–Crippen LogP) is 0.994. The third kappa shape index (κ3) is 2.10. The van der Waals surface area contributed by atoms with Gasteiger partial charge in [-0.25, -0.2) is 0 Å². The molecule has 2 rings (SSSR count). The maximum atomic E-state index is 5.83. The fourth-order valence-electron chi connectivity index (χ4n) is 1.50. The minimum atomic E-state index is 0.289. The van der Waals surface area contributed by atoms with Gasteiger partial charge < -0.3 is 14.2 Å². The topological polar surface area (TPSA) is 27.7 Å². The number of halogens is 1. The summed E-state index contributed by atoms with van der Waals surface area (Å²) in [7, 11) is 0. The Morgan fingerprint density at radius 1 is 1.17 bits per heavy atom. The Morgan fingerprint density at radius 3 is 2.67 bits per heavy atom. The van der Waals surface area contributed by atoms with Gasteiger partial charge in [0.1, 0.15) is 0 Å². The summed E-state index contributed by atoms with van der Waals surface area (Å²) in [6.45, 7) is 3.20. The molecule has 2 heterocycles. The third-order valence-electron chi connectivity index (χ3n) is 2.22. The standard InChI is InChI=1S/C8H13IO3/c9-7-4-11-5-8(7)12-6-1-2-10-3-6/h6-8H,1-5H2. The minimum Gasteiger partial charge on any atom is -0.379 e. The Bertz CT molecular complexity index is 147. The fraction of sp³-hybridized carbons (Fsp3) is 1.00. The van der Waals surface area contributed by atoms with Crippen LogP contribution in [0.5, 0.6) is 0 Å². The smallest absolute Gasteiger partial charge is 0.0952 e. The van der Waals surface area contributed by atoms with Crippen molar-refractivity contribution >= 4 is 22.6 Å². The summed E-state index contributed by atoms with van der Waals surface area (Å²) in [5.41, 5.74) is 0. The number of rotatable bonds is 2. The predicted molar refractivity (Wildman–Crippen MR) is 52.7 cm³/mol. The lowest BCUT2D eigenvalue weighted by Crippen LogP contribution is -2.28. The Balaban J connectivity index is 1.77. The van der Waals surface area contributed by atoms with Gasteiger partial charge in [0.25, 0.3) is 0 Å². The second kappa shape index (κ2) is 4.21. The summed E-state index contributed by atoms with van der Waals surface area (Å²) in [6, 6.07) is 0. The molecule has 0 N–H and O–H groups in total. The highest BCUT2D eigenvalue weighted by molar-refractivity contribution is 14.1. The molecule has 3 atom stereocenters. The highest BCUT2D eigenvalue weighted by atomic mass is 127. The number of hydrogen-bond donors (Lipinski definition) is 0. The third-order valence-corrected chi connectivity index (χ3v) is 3.38. The first-order valence-electron chi connectivity index (χ1n) is 4.31. The van der Waals surface area contributed by atoms with E-state index in [1.165, 1.54) is 0 Å². The van der Waals surface area contributed by atoms with Crippen LogP contribution in [0.3, 0.4) is 0 Å². The van der Waals surface area contributed by atoms with E-state index in [1.807, 2.05) is 0 Å². The number of hydrogen-bond acceptors (Lipinski definition) is 3. The van der Waals surface area contributed by atoms with E-state index in [-0.39, 0.29) is 6.10 Å². The van der Waals surface area contributed by atoms with Gasteiger partial charge in [0.05, 0.1) is 36.0 Å². The molecule has 0 bridgehead atoms. The van der Waals surface area contributed by atoms with Crippen LogP contribution in [0.25, 0.3) is 0 Å². The van der Waals surface area contributed by atoms with Gasteiger partial charge in [0.15, 0.2) is 0 Å². The van der Waals surface area contributed by atoms with E-state index in [4.69, 9.17) is 14.2 Å². The molecule has 4 heteroatoms. The summed E-state index contributed by atoms with van der Waals surface area (Å²) >= 11 is 2.39. The van der Waals surface area contributed by atoms with Crippen molar-refractivity contribution in [2.45, 2.75) is 22.6 Å². The van der Waals surface area contributed by atoms with E-state index in [0.29, 0.717) is 10.0 Å². The van der Waals surface area contributed by atoms with Crippen LogP contribution in [0.15, 0.2) is 0 Å². The molecule has 2 fully saturated rings. The first-order chi connectivity index (χ1) is 5.86. The van der Waals surface area contributed by atoms with E-state index >= 15 is 0 Å². The maximum absolute atomic E-state index is 5.83. The zero-order chi connectivity index (χ0) is 8.39. The van der Waals surface area contributed by atoms with Crippen molar-refractivity contribution in [1.82, 2.24) is 0 Å². The second-order valence-electron chi connectivity index (χ2n) is 3.21. The molecule has 0 aliphatic carbocycles. The van der Waals surface area contributed by atoms with Crippen molar-refractivity contribution in [3.05, 3.63) is 0 Å². The first-order valence-corrected chi connectivity index (χ1v) is 5.56. The lowest BCUT2D eigenvalue weighted by Gasteiger charge is -2.17. The molecule has 0 aromatic rings. The summed E-state index contributed by atoms with van der Waals surface area (Å²) in [4.78, 5) is 0. The molecule has 0 spiro atoms. The average molecular weight is 284 g/mol. The first kappa shape index (κ1) is 9.18. The molecule has 12 heavy (non-hydrogen) atoms. The van der Waals surface area contributed by atoms with Crippen LogP contribution in [-0.4, -0.2) is 42.6 Å². The largest absolute Gasteiger partial charge is 0.379 e. The molecule has 70 valence electrons. The van der Waals surface area contributed by atoms with E-state index in [9.17, 15) is 0 Å². The van der Waals surface area contributed by atoms with Crippen molar-refractivity contribution in [3.8, 4) is 0 Å². The lowest BCUT2D eigenvalue weighted by molar-refractivity contribution is -0.0159. The zero-order valence-electron chi connectivity index (χ0n) is 6.87. The summed E-state index contributed by atoms with van der Waals surface area (Å²) in [6.07, 6.45) is 1.64. The molecular formula is C8H13IO3. The quantitative estimate of drug-likeness (QED) is 0.559.